The third kappa shape index (κ3) is 3.63. The minimum atomic E-state index is -0.452. The van der Waals surface area contributed by atoms with Crippen molar-refractivity contribution < 1.29 is 4.79 Å². The standard InChI is InChI=1S/C17H8Cl4N4OS/c18-8-2-4-12(20)11(5-8)15(26)22-16-23-17-25(24-16)14(7-27-17)10-3-1-9(19)6-13(10)21/h1-7H,(H,22,24,26). The number of nitrogens with one attached hydrogen (secondary N) is 1. The van der Waals surface area contributed by atoms with Gasteiger partial charge < -0.3 is 0 Å². The fourth-order valence-electron chi connectivity index (χ4n) is 2.46. The molecule has 0 saturated carbocycles. The van der Waals surface area contributed by atoms with Gasteiger partial charge in [0.2, 0.25) is 4.96 Å². The third-order valence-electron chi connectivity index (χ3n) is 3.69. The molecule has 0 fully saturated rings. The molecule has 27 heavy (non-hydrogen) atoms. The van der Waals surface area contributed by atoms with Gasteiger partial charge in [0.05, 0.1) is 21.3 Å². The Bertz CT molecular complexity index is 1190. The van der Waals surface area contributed by atoms with E-state index in [0.717, 1.165) is 11.3 Å². The summed E-state index contributed by atoms with van der Waals surface area (Å²) in [5, 5.41) is 10.6. The number of carbonyl (C=O) groups excluding carboxylic acids is 1. The number of amides is 1. The van der Waals surface area contributed by atoms with E-state index >= 15 is 0 Å². The maximum Gasteiger partial charge on any atom is 0.259 e. The van der Waals surface area contributed by atoms with Crippen LogP contribution in [0.4, 0.5) is 5.95 Å². The molecule has 2 aromatic carbocycles. The fraction of sp³-hybridized carbons (Fsp3) is 0. The predicted molar refractivity (Wildman–Crippen MR) is 111 cm³/mol. The smallest absolute Gasteiger partial charge is 0.259 e. The summed E-state index contributed by atoms with van der Waals surface area (Å²) < 4.78 is 1.61. The summed E-state index contributed by atoms with van der Waals surface area (Å²) in [5.74, 6) is -0.305. The van der Waals surface area contributed by atoms with Gasteiger partial charge >= 0.3 is 0 Å². The van der Waals surface area contributed by atoms with Crippen LogP contribution in [0.2, 0.25) is 20.1 Å². The topological polar surface area (TPSA) is 59.3 Å². The Morgan fingerprint density at radius 3 is 2.52 bits per heavy atom. The highest BCUT2D eigenvalue weighted by atomic mass is 35.5. The van der Waals surface area contributed by atoms with Crippen molar-refractivity contribution in [1.29, 1.82) is 0 Å². The number of benzene rings is 2. The van der Waals surface area contributed by atoms with Crippen molar-refractivity contribution >= 4 is 74.6 Å². The van der Waals surface area contributed by atoms with Crippen molar-refractivity contribution in [2.24, 2.45) is 0 Å². The highest BCUT2D eigenvalue weighted by Gasteiger charge is 2.17. The lowest BCUT2D eigenvalue weighted by molar-refractivity contribution is 0.102. The predicted octanol–water partition coefficient (Wildman–Crippen LogP) is 6.32. The highest BCUT2D eigenvalue weighted by molar-refractivity contribution is 7.15. The normalized spacial score (nSPS) is 11.1. The Balaban J connectivity index is 1.68. The molecule has 1 amide bonds. The monoisotopic (exact) mass is 456 g/mol. The van der Waals surface area contributed by atoms with Crippen molar-refractivity contribution in [2.45, 2.75) is 0 Å². The van der Waals surface area contributed by atoms with Crippen molar-refractivity contribution in [2.75, 3.05) is 5.32 Å². The Morgan fingerprint density at radius 1 is 1.00 bits per heavy atom. The van der Waals surface area contributed by atoms with Gasteiger partial charge in [-0.1, -0.05) is 46.4 Å². The van der Waals surface area contributed by atoms with Gasteiger partial charge in [0, 0.05) is 21.0 Å². The Hall–Kier alpha value is -1.83. The van der Waals surface area contributed by atoms with Gasteiger partial charge in [-0.3, -0.25) is 10.1 Å². The molecule has 0 saturated heterocycles. The number of hydrogen-bond acceptors (Lipinski definition) is 4. The molecule has 5 nitrogen and oxygen atoms in total. The van der Waals surface area contributed by atoms with Crippen LogP contribution in [0.1, 0.15) is 10.4 Å². The molecule has 0 bridgehead atoms. The average Bonchev–Trinajstić information content (AvgIpc) is 3.17. The Morgan fingerprint density at radius 2 is 1.74 bits per heavy atom. The second-order valence-electron chi connectivity index (χ2n) is 5.45. The quantitative estimate of drug-likeness (QED) is 0.391. The molecule has 0 atom stereocenters. The minimum absolute atomic E-state index is 0.147. The number of aromatic nitrogens is 3. The zero-order valence-corrected chi connectivity index (χ0v) is 17.1. The van der Waals surface area contributed by atoms with Gasteiger partial charge in [-0.25, -0.2) is 4.52 Å². The van der Waals surface area contributed by atoms with Gasteiger partial charge in [0.25, 0.3) is 11.9 Å². The van der Waals surface area contributed by atoms with Crippen LogP contribution in [0.25, 0.3) is 16.2 Å². The van der Waals surface area contributed by atoms with Crippen molar-refractivity contribution in [3.8, 4) is 11.3 Å². The van der Waals surface area contributed by atoms with E-state index in [1.54, 1.807) is 34.8 Å². The molecule has 0 aliphatic heterocycles. The van der Waals surface area contributed by atoms with Crippen LogP contribution in [-0.4, -0.2) is 20.5 Å². The maximum absolute atomic E-state index is 12.5. The van der Waals surface area contributed by atoms with Gasteiger partial charge in [0.15, 0.2) is 0 Å². The Kier molecular flexibility index (Phi) is 5.01. The average molecular weight is 458 g/mol. The second-order valence-corrected chi connectivity index (χ2v) is 7.98. The molecule has 0 spiro atoms. The van der Waals surface area contributed by atoms with Gasteiger partial charge in [0.1, 0.15) is 0 Å². The molecule has 0 aliphatic rings. The largest absolute Gasteiger partial charge is 0.289 e. The number of halogens is 4. The molecular weight excluding hydrogens is 450 g/mol. The maximum atomic E-state index is 12.5. The molecule has 0 aliphatic carbocycles. The van der Waals surface area contributed by atoms with Crippen LogP contribution in [0, 0.1) is 0 Å². The van der Waals surface area contributed by atoms with Crippen molar-refractivity contribution in [3.63, 3.8) is 0 Å². The molecule has 0 radical (unpaired) electrons. The molecule has 2 heterocycles. The van der Waals surface area contributed by atoms with Crippen LogP contribution >= 0.6 is 57.7 Å². The van der Waals surface area contributed by atoms with Gasteiger partial charge in [-0.15, -0.1) is 16.4 Å². The summed E-state index contributed by atoms with van der Waals surface area (Å²) in [6.07, 6.45) is 0. The first kappa shape index (κ1) is 18.5. The number of thiazole rings is 1. The first-order valence-electron chi connectivity index (χ1n) is 7.48. The van der Waals surface area contributed by atoms with Crippen molar-refractivity contribution in [3.05, 3.63) is 67.4 Å². The minimum Gasteiger partial charge on any atom is -0.289 e. The lowest BCUT2D eigenvalue weighted by atomic mass is 10.2. The molecule has 4 rings (SSSR count). The van der Waals surface area contributed by atoms with E-state index in [1.165, 1.54) is 17.4 Å². The van der Waals surface area contributed by atoms with Crippen molar-refractivity contribution in [1.82, 2.24) is 14.6 Å². The molecule has 10 heteroatoms. The SMILES string of the molecule is O=C(Nc1nc2scc(-c3ccc(Cl)cc3Cl)n2n1)c1cc(Cl)ccc1Cl. The lowest BCUT2D eigenvalue weighted by Gasteiger charge is -2.04. The molecule has 2 aromatic heterocycles. The summed E-state index contributed by atoms with van der Waals surface area (Å²) in [6, 6.07) is 9.84. The van der Waals surface area contributed by atoms with Crippen LogP contribution < -0.4 is 5.32 Å². The third-order valence-corrected chi connectivity index (χ3v) is 5.62. The fourth-order valence-corrected chi connectivity index (χ4v) is 4.16. The van der Waals surface area contributed by atoms with E-state index in [-0.39, 0.29) is 16.5 Å². The van der Waals surface area contributed by atoms with Gasteiger partial charge in [-0.2, -0.15) is 4.98 Å². The highest BCUT2D eigenvalue weighted by Crippen LogP contribution is 2.33. The lowest BCUT2D eigenvalue weighted by Crippen LogP contribution is -2.13. The number of fused-ring (bicyclic) bond motifs is 1. The second kappa shape index (κ2) is 7.30. The number of rotatable bonds is 3. The summed E-state index contributed by atoms with van der Waals surface area (Å²) in [5.41, 5.74) is 1.74. The number of anilines is 1. The van der Waals surface area contributed by atoms with Gasteiger partial charge in [-0.05, 0) is 36.4 Å². The van der Waals surface area contributed by atoms with E-state index in [4.69, 9.17) is 46.4 Å². The van der Waals surface area contributed by atoms with E-state index in [1.807, 2.05) is 5.38 Å². The summed E-state index contributed by atoms with van der Waals surface area (Å²) in [6.45, 7) is 0. The zero-order chi connectivity index (χ0) is 19.1. The summed E-state index contributed by atoms with van der Waals surface area (Å²) >= 11 is 25.6. The van der Waals surface area contributed by atoms with Crippen LogP contribution in [0.15, 0.2) is 41.8 Å². The first-order valence-corrected chi connectivity index (χ1v) is 9.87. The molecule has 4 aromatic rings. The van der Waals surface area contributed by atoms with Crippen LogP contribution in [0.5, 0.6) is 0 Å². The van der Waals surface area contributed by atoms with E-state index < -0.39 is 5.91 Å². The summed E-state index contributed by atoms with van der Waals surface area (Å²) in [7, 11) is 0. The first-order chi connectivity index (χ1) is 12.9. The Labute approximate surface area is 177 Å². The van der Waals surface area contributed by atoms with E-state index in [2.05, 4.69) is 15.4 Å². The number of nitrogens with zero attached hydrogens (tertiary/aromatic N) is 3. The molecule has 0 unspecified atom stereocenters. The summed E-state index contributed by atoms with van der Waals surface area (Å²) in [4.78, 5) is 17.4. The molecule has 136 valence electrons. The molecular formula is C17H8Cl4N4OS. The van der Waals surface area contributed by atoms with E-state index in [0.29, 0.717) is 20.0 Å². The van der Waals surface area contributed by atoms with E-state index in [9.17, 15) is 4.79 Å². The molecule has 1 N–H and O–H groups in total. The zero-order valence-electron chi connectivity index (χ0n) is 13.2. The van der Waals surface area contributed by atoms with Crippen LogP contribution in [-0.2, 0) is 0 Å². The van der Waals surface area contributed by atoms with Crippen LogP contribution in [0.3, 0.4) is 0 Å². The number of hydrogen-bond donors (Lipinski definition) is 1. The number of carbonyl (C=O) groups is 1.